The smallest absolute Gasteiger partial charge is 0.140 e. The second kappa shape index (κ2) is 9.47. The predicted molar refractivity (Wildman–Crippen MR) is 113 cm³/mol. The van der Waals surface area contributed by atoms with Crippen molar-refractivity contribution >= 4 is 0 Å². The fraction of sp³-hybridized carbons (Fsp3) is 0.435. The molecule has 0 saturated carbocycles. The van der Waals surface area contributed by atoms with Crippen LogP contribution in [0.1, 0.15) is 30.0 Å². The highest BCUT2D eigenvalue weighted by Gasteiger charge is 2.33. The Balaban J connectivity index is 1.29. The quantitative estimate of drug-likeness (QED) is 0.613. The van der Waals surface area contributed by atoms with E-state index in [4.69, 9.17) is 9.26 Å². The summed E-state index contributed by atoms with van der Waals surface area (Å²) in [6.07, 6.45) is 6.37. The first-order valence-electron chi connectivity index (χ1n) is 10.4. The van der Waals surface area contributed by atoms with Gasteiger partial charge in [-0.25, -0.2) is 9.97 Å². The normalized spacial score (nSPS) is 16.6. The second-order valence-electron chi connectivity index (χ2n) is 7.97. The van der Waals surface area contributed by atoms with Crippen molar-refractivity contribution in [3.05, 3.63) is 65.9 Å². The van der Waals surface area contributed by atoms with E-state index in [1.54, 1.807) is 7.11 Å². The maximum absolute atomic E-state index is 11.1. The van der Waals surface area contributed by atoms with Crippen molar-refractivity contribution in [1.82, 2.24) is 20.0 Å². The fourth-order valence-corrected chi connectivity index (χ4v) is 3.81. The number of hydrogen-bond donors (Lipinski definition) is 1. The van der Waals surface area contributed by atoms with Crippen LogP contribution in [0.4, 0.5) is 0 Å². The molecule has 2 aromatic heterocycles. The minimum atomic E-state index is -0.759. The van der Waals surface area contributed by atoms with Gasteiger partial charge in [-0.05, 0) is 12.8 Å². The molecule has 7 heteroatoms. The maximum Gasteiger partial charge on any atom is 0.140 e. The molecule has 7 nitrogen and oxygen atoms in total. The molecule has 0 atom stereocenters. The van der Waals surface area contributed by atoms with Crippen molar-refractivity contribution in [3.8, 4) is 11.3 Å². The Morgan fingerprint density at radius 2 is 1.87 bits per heavy atom. The SMILES string of the molecule is COCCc1ncc(CN2CCC(O)(Cc3cc(-c4ccccc4)no3)CC2)cn1. The Hall–Kier alpha value is -2.61. The summed E-state index contributed by atoms with van der Waals surface area (Å²) in [5, 5.41) is 15.2. The molecule has 0 unspecified atom stereocenters. The second-order valence-corrected chi connectivity index (χ2v) is 7.97. The van der Waals surface area contributed by atoms with Gasteiger partial charge in [0.15, 0.2) is 0 Å². The third-order valence-electron chi connectivity index (χ3n) is 5.61. The lowest BCUT2D eigenvalue weighted by Crippen LogP contribution is -2.45. The van der Waals surface area contributed by atoms with E-state index in [1.807, 2.05) is 48.8 Å². The third-order valence-corrected chi connectivity index (χ3v) is 5.61. The van der Waals surface area contributed by atoms with Crippen LogP contribution in [0.25, 0.3) is 11.3 Å². The fourth-order valence-electron chi connectivity index (χ4n) is 3.81. The van der Waals surface area contributed by atoms with E-state index in [-0.39, 0.29) is 0 Å². The van der Waals surface area contributed by atoms with Crippen LogP contribution in [0.5, 0.6) is 0 Å². The van der Waals surface area contributed by atoms with Gasteiger partial charge in [-0.15, -0.1) is 0 Å². The Bertz CT molecular complexity index is 919. The van der Waals surface area contributed by atoms with Gasteiger partial charge in [0.25, 0.3) is 0 Å². The molecule has 1 saturated heterocycles. The van der Waals surface area contributed by atoms with Crippen LogP contribution in [0, 0.1) is 0 Å². The minimum absolute atomic E-state index is 0.484. The molecule has 3 aromatic rings. The van der Waals surface area contributed by atoms with Gasteiger partial charge < -0.3 is 14.4 Å². The number of piperidine rings is 1. The van der Waals surface area contributed by atoms with Crippen LogP contribution < -0.4 is 0 Å². The van der Waals surface area contributed by atoms with Crippen LogP contribution in [0.3, 0.4) is 0 Å². The van der Waals surface area contributed by atoms with Gasteiger partial charge in [-0.2, -0.15) is 0 Å². The lowest BCUT2D eigenvalue weighted by Gasteiger charge is -2.37. The highest BCUT2D eigenvalue weighted by Crippen LogP contribution is 2.29. The molecule has 1 fully saturated rings. The zero-order chi connectivity index (χ0) is 20.8. The number of hydrogen-bond acceptors (Lipinski definition) is 7. The standard InChI is InChI=1S/C23H28N4O3/c1-29-12-7-22-24-15-18(16-25-22)17-27-10-8-23(28,9-11-27)14-20-13-21(26-30-20)19-5-3-2-4-6-19/h2-6,13,15-16,28H,7-12,14,17H2,1H3. The van der Waals surface area contributed by atoms with E-state index >= 15 is 0 Å². The first-order valence-corrected chi connectivity index (χ1v) is 10.4. The summed E-state index contributed by atoms with van der Waals surface area (Å²) in [7, 11) is 1.68. The molecular weight excluding hydrogens is 380 g/mol. The topological polar surface area (TPSA) is 84.5 Å². The van der Waals surface area contributed by atoms with Gasteiger partial charge in [0, 0.05) is 69.2 Å². The summed E-state index contributed by atoms with van der Waals surface area (Å²) >= 11 is 0. The molecule has 0 aliphatic carbocycles. The number of nitrogens with zero attached hydrogens (tertiary/aromatic N) is 4. The molecule has 1 aliphatic heterocycles. The van der Waals surface area contributed by atoms with Crippen molar-refractivity contribution in [1.29, 1.82) is 0 Å². The molecule has 0 bridgehead atoms. The van der Waals surface area contributed by atoms with Crippen LogP contribution in [0.15, 0.2) is 53.3 Å². The number of aromatic nitrogens is 3. The molecule has 1 aliphatic rings. The van der Waals surface area contributed by atoms with Gasteiger partial charge >= 0.3 is 0 Å². The van der Waals surface area contributed by atoms with Crippen LogP contribution in [0.2, 0.25) is 0 Å². The van der Waals surface area contributed by atoms with E-state index < -0.39 is 5.60 Å². The van der Waals surface area contributed by atoms with Crippen LogP contribution >= 0.6 is 0 Å². The molecule has 1 N–H and O–H groups in total. The molecule has 0 amide bonds. The minimum Gasteiger partial charge on any atom is -0.389 e. The lowest BCUT2D eigenvalue weighted by atomic mass is 9.87. The third kappa shape index (κ3) is 5.30. The summed E-state index contributed by atoms with van der Waals surface area (Å²) < 4.78 is 10.6. The summed E-state index contributed by atoms with van der Waals surface area (Å²) in [6, 6.07) is 11.9. The molecule has 3 heterocycles. The van der Waals surface area contributed by atoms with Gasteiger partial charge in [-0.3, -0.25) is 4.90 Å². The van der Waals surface area contributed by atoms with E-state index in [0.29, 0.717) is 25.9 Å². The van der Waals surface area contributed by atoms with Crippen molar-refractivity contribution < 1.29 is 14.4 Å². The van der Waals surface area contributed by atoms with Crippen LogP contribution in [-0.2, 0) is 24.1 Å². The van der Waals surface area contributed by atoms with E-state index in [9.17, 15) is 5.11 Å². The molecule has 0 spiro atoms. The highest BCUT2D eigenvalue weighted by atomic mass is 16.5. The molecule has 158 valence electrons. The molecule has 30 heavy (non-hydrogen) atoms. The molecule has 1 aromatic carbocycles. The number of aliphatic hydroxyl groups is 1. The van der Waals surface area contributed by atoms with Gasteiger partial charge in [-0.1, -0.05) is 35.5 Å². The Kier molecular flexibility index (Phi) is 6.52. The summed E-state index contributed by atoms with van der Waals surface area (Å²) in [5.74, 6) is 1.53. The lowest BCUT2D eigenvalue weighted by molar-refractivity contribution is -0.0265. The zero-order valence-corrected chi connectivity index (χ0v) is 17.3. The first-order chi connectivity index (χ1) is 14.6. The highest BCUT2D eigenvalue weighted by molar-refractivity contribution is 5.58. The van der Waals surface area contributed by atoms with Gasteiger partial charge in [0.2, 0.25) is 0 Å². The van der Waals surface area contributed by atoms with Crippen LogP contribution in [-0.4, -0.2) is 57.5 Å². The van der Waals surface area contributed by atoms with Crippen molar-refractivity contribution in [3.63, 3.8) is 0 Å². The van der Waals surface area contributed by atoms with Crippen molar-refractivity contribution in [2.45, 2.75) is 37.8 Å². The number of rotatable bonds is 8. The molecule has 4 rings (SSSR count). The summed E-state index contributed by atoms with van der Waals surface area (Å²) in [6.45, 7) is 3.06. The molecule has 0 radical (unpaired) electrons. The average molecular weight is 409 g/mol. The van der Waals surface area contributed by atoms with Crippen molar-refractivity contribution in [2.24, 2.45) is 0 Å². The first kappa shape index (κ1) is 20.7. The van der Waals surface area contributed by atoms with Crippen molar-refractivity contribution in [2.75, 3.05) is 26.8 Å². The summed E-state index contributed by atoms with van der Waals surface area (Å²) in [4.78, 5) is 11.1. The van der Waals surface area contributed by atoms with Gasteiger partial charge in [0.1, 0.15) is 17.3 Å². The summed E-state index contributed by atoms with van der Waals surface area (Å²) in [5.41, 5.74) is 2.15. The molecular formula is C23H28N4O3. The maximum atomic E-state index is 11.1. The monoisotopic (exact) mass is 408 g/mol. The largest absolute Gasteiger partial charge is 0.389 e. The number of methoxy groups -OCH3 is 1. The van der Waals surface area contributed by atoms with Gasteiger partial charge in [0.05, 0.1) is 12.2 Å². The van der Waals surface area contributed by atoms with E-state index in [2.05, 4.69) is 20.0 Å². The van der Waals surface area contributed by atoms with E-state index in [1.165, 1.54) is 0 Å². The van der Waals surface area contributed by atoms with E-state index in [0.717, 1.165) is 54.5 Å². The Morgan fingerprint density at radius 1 is 1.13 bits per heavy atom. The number of benzene rings is 1. The average Bonchev–Trinajstić information content (AvgIpc) is 3.24. The predicted octanol–water partition coefficient (Wildman–Crippen LogP) is 2.89. The Labute approximate surface area is 176 Å². The zero-order valence-electron chi connectivity index (χ0n) is 17.3. The number of ether oxygens (including phenoxy) is 1. The Morgan fingerprint density at radius 3 is 2.57 bits per heavy atom. The number of likely N-dealkylation sites (tertiary alicyclic amines) is 1.